The molecule has 0 amide bonds. The summed E-state index contributed by atoms with van der Waals surface area (Å²) < 4.78 is 0. The predicted octanol–water partition coefficient (Wildman–Crippen LogP) is 4.03. The van der Waals surface area contributed by atoms with Crippen molar-refractivity contribution in [1.29, 1.82) is 0 Å². The molecule has 1 aliphatic heterocycles. The molecule has 16 heavy (non-hydrogen) atoms. The highest BCUT2D eigenvalue weighted by Gasteiger charge is 2.41. The highest BCUT2D eigenvalue weighted by Crippen LogP contribution is 2.39. The standard InChI is InChI=1S/C15H31N/c1-8-14-12(5)15(16(7)13(14)6)9-11(4)10(2)3/h10-15H,8-9H2,1-7H3. The third-order valence-corrected chi connectivity index (χ3v) is 5.29. The minimum absolute atomic E-state index is 0.768. The maximum Gasteiger partial charge on any atom is 0.0127 e. The Bertz CT molecular complexity index is 211. The third kappa shape index (κ3) is 2.61. The molecule has 5 unspecified atom stereocenters. The van der Waals surface area contributed by atoms with Crippen LogP contribution in [0.4, 0.5) is 0 Å². The average Bonchev–Trinajstić information content (AvgIpc) is 2.42. The van der Waals surface area contributed by atoms with Gasteiger partial charge in [-0.1, -0.05) is 41.0 Å². The molecule has 0 saturated carbocycles. The van der Waals surface area contributed by atoms with E-state index in [0.717, 1.165) is 35.8 Å². The summed E-state index contributed by atoms with van der Waals surface area (Å²) in [5, 5.41) is 0. The summed E-state index contributed by atoms with van der Waals surface area (Å²) in [4.78, 5) is 2.64. The minimum Gasteiger partial charge on any atom is -0.300 e. The van der Waals surface area contributed by atoms with Crippen LogP contribution in [0.2, 0.25) is 0 Å². The lowest BCUT2D eigenvalue weighted by atomic mass is 9.82. The Balaban J connectivity index is 2.66. The van der Waals surface area contributed by atoms with Gasteiger partial charge in [0.2, 0.25) is 0 Å². The largest absolute Gasteiger partial charge is 0.300 e. The van der Waals surface area contributed by atoms with Gasteiger partial charge in [-0.25, -0.2) is 0 Å². The lowest BCUT2D eigenvalue weighted by molar-refractivity contribution is 0.189. The van der Waals surface area contributed by atoms with Crippen LogP contribution in [0.5, 0.6) is 0 Å². The Labute approximate surface area is 103 Å². The van der Waals surface area contributed by atoms with Gasteiger partial charge < -0.3 is 4.90 Å². The Morgan fingerprint density at radius 1 is 1.12 bits per heavy atom. The summed E-state index contributed by atoms with van der Waals surface area (Å²) in [6, 6.07) is 1.57. The van der Waals surface area contributed by atoms with E-state index in [1.807, 2.05) is 0 Å². The Morgan fingerprint density at radius 3 is 2.06 bits per heavy atom. The summed E-state index contributed by atoms with van der Waals surface area (Å²) >= 11 is 0. The van der Waals surface area contributed by atoms with E-state index in [4.69, 9.17) is 0 Å². The smallest absolute Gasteiger partial charge is 0.0127 e. The fourth-order valence-corrected chi connectivity index (χ4v) is 3.45. The van der Waals surface area contributed by atoms with Gasteiger partial charge in [-0.15, -0.1) is 0 Å². The molecular weight excluding hydrogens is 194 g/mol. The summed E-state index contributed by atoms with van der Waals surface area (Å²) in [7, 11) is 2.33. The maximum atomic E-state index is 2.64. The molecule has 1 nitrogen and oxygen atoms in total. The van der Waals surface area contributed by atoms with Gasteiger partial charge in [-0.2, -0.15) is 0 Å². The average molecular weight is 225 g/mol. The van der Waals surface area contributed by atoms with Gasteiger partial charge in [0.25, 0.3) is 0 Å². The molecule has 0 N–H and O–H groups in total. The topological polar surface area (TPSA) is 3.24 Å². The molecule has 0 bridgehead atoms. The molecule has 0 aromatic carbocycles. The Hall–Kier alpha value is -0.0400. The molecule has 0 aromatic heterocycles. The van der Waals surface area contributed by atoms with Crippen LogP contribution in [0.3, 0.4) is 0 Å². The number of likely N-dealkylation sites (tertiary alicyclic amines) is 1. The minimum atomic E-state index is 0.768. The first-order chi connectivity index (χ1) is 7.40. The van der Waals surface area contributed by atoms with Crippen LogP contribution in [0.25, 0.3) is 0 Å². The van der Waals surface area contributed by atoms with Crippen LogP contribution < -0.4 is 0 Å². The third-order valence-electron chi connectivity index (χ3n) is 5.29. The van der Waals surface area contributed by atoms with Gasteiger partial charge in [0, 0.05) is 12.1 Å². The molecule has 0 radical (unpaired) electrons. The van der Waals surface area contributed by atoms with Gasteiger partial charge in [-0.05, 0) is 44.1 Å². The summed E-state index contributed by atoms with van der Waals surface area (Å²) in [6.07, 6.45) is 2.70. The second kappa shape index (κ2) is 5.53. The van der Waals surface area contributed by atoms with E-state index in [9.17, 15) is 0 Å². The molecule has 0 spiro atoms. The van der Waals surface area contributed by atoms with Crippen LogP contribution in [0, 0.1) is 23.7 Å². The zero-order valence-corrected chi connectivity index (χ0v) is 12.3. The number of hydrogen-bond acceptors (Lipinski definition) is 1. The summed E-state index contributed by atoms with van der Waals surface area (Å²) in [5.74, 6) is 3.43. The molecule has 1 aliphatic rings. The van der Waals surface area contributed by atoms with E-state index in [1.54, 1.807) is 0 Å². The van der Waals surface area contributed by atoms with E-state index < -0.39 is 0 Å². The van der Waals surface area contributed by atoms with Gasteiger partial charge >= 0.3 is 0 Å². The van der Waals surface area contributed by atoms with Crippen LogP contribution in [-0.4, -0.2) is 24.0 Å². The van der Waals surface area contributed by atoms with Gasteiger partial charge in [0.15, 0.2) is 0 Å². The van der Waals surface area contributed by atoms with Crippen molar-refractivity contribution in [2.75, 3.05) is 7.05 Å². The van der Waals surface area contributed by atoms with Crippen LogP contribution in [0.1, 0.15) is 54.4 Å². The predicted molar refractivity (Wildman–Crippen MR) is 72.6 cm³/mol. The second-order valence-electron chi connectivity index (χ2n) is 6.36. The Kier molecular flexibility index (Phi) is 4.85. The van der Waals surface area contributed by atoms with Gasteiger partial charge in [0.05, 0.1) is 0 Å². The quantitative estimate of drug-likeness (QED) is 0.698. The molecule has 96 valence electrons. The fraction of sp³-hybridized carbons (Fsp3) is 1.00. The molecule has 1 fully saturated rings. The zero-order valence-electron chi connectivity index (χ0n) is 12.3. The first kappa shape index (κ1) is 14.0. The van der Waals surface area contributed by atoms with E-state index in [1.165, 1.54) is 12.8 Å². The number of hydrogen-bond donors (Lipinski definition) is 0. The number of nitrogens with zero attached hydrogens (tertiary/aromatic N) is 1. The molecule has 0 aromatic rings. The monoisotopic (exact) mass is 225 g/mol. The lowest BCUT2D eigenvalue weighted by Crippen LogP contribution is -2.34. The molecule has 1 saturated heterocycles. The second-order valence-corrected chi connectivity index (χ2v) is 6.36. The highest BCUT2D eigenvalue weighted by atomic mass is 15.2. The van der Waals surface area contributed by atoms with Crippen LogP contribution >= 0.6 is 0 Å². The normalized spacial score (nSPS) is 38.2. The van der Waals surface area contributed by atoms with E-state index >= 15 is 0 Å². The van der Waals surface area contributed by atoms with E-state index in [0.29, 0.717) is 0 Å². The van der Waals surface area contributed by atoms with Crippen molar-refractivity contribution in [3.05, 3.63) is 0 Å². The number of rotatable bonds is 4. The molecule has 0 aliphatic carbocycles. The molecule has 1 heteroatoms. The SMILES string of the molecule is CCC1C(C)C(CC(C)C(C)C)N(C)C1C. The first-order valence-corrected chi connectivity index (χ1v) is 7.12. The fourth-order valence-electron chi connectivity index (χ4n) is 3.45. The van der Waals surface area contributed by atoms with Crippen molar-refractivity contribution in [3.63, 3.8) is 0 Å². The molecule has 1 heterocycles. The molecular formula is C15H31N. The highest BCUT2D eigenvalue weighted by molar-refractivity contribution is 4.94. The van der Waals surface area contributed by atoms with Gasteiger partial charge in [0.1, 0.15) is 0 Å². The van der Waals surface area contributed by atoms with Gasteiger partial charge in [-0.3, -0.25) is 0 Å². The summed E-state index contributed by atoms with van der Waals surface area (Å²) in [6.45, 7) is 14.3. The first-order valence-electron chi connectivity index (χ1n) is 7.12. The molecule has 1 rings (SSSR count). The van der Waals surface area contributed by atoms with Crippen molar-refractivity contribution >= 4 is 0 Å². The van der Waals surface area contributed by atoms with Crippen molar-refractivity contribution in [2.24, 2.45) is 23.7 Å². The van der Waals surface area contributed by atoms with Crippen molar-refractivity contribution < 1.29 is 0 Å². The lowest BCUT2D eigenvalue weighted by Gasteiger charge is -2.29. The van der Waals surface area contributed by atoms with Crippen molar-refractivity contribution in [1.82, 2.24) is 4.90 Å². The summed E-state index contributed by atoms with van der Waals surface area (Å²) in [5.41, 5.74) is 0. The van der Waals surface area contributed by atoms with Crippen LogP contribution in [-0.2, 0) is 0 Å². The van der Waals surface area contributed by atoms with Crippen LogP contribution in [0.15, 0.2) is 0 Å². The zero-order chi connectivity index (χ0) is 12.5. The van der Waals surface area contributed by atoms with E-state index in [2.05, 4.69) is 53.5 Å². The molecule has 5 atom stereocenters. The van der Waals surface area contributed by atoms with E-state index in [-0.39, 0.29) is 0 Å². The van der Waals surface area contributed by atoms with Crippen molar-refractivity contribution in [3.8, 4) is 0 Å². The van der Waals surface area contributed by atoms with Crippen molar-refractivity contribution in [2.45, 2.75) is 66.5 Å². The maximum absolute atomic E-state index is 2.64. The Morgan fingerprint density at radius 2 is 1.69 bits per heavy atom.